The Morgan fingerprint density at radius 1 is 1.15 bits per heavy atom. The zero-order chi connectivity index (χ0) is 30.2. The quantitative estimate of drug-likeness (QED) is 0.0958. The molecular formula is C29H42N8O3. The Balaban J connectivity index is 0.00000103. The van der Waals surface area contributed by atoms with Gasteiger partial charge in [0.2, 0.25) is 5.91 Å². The van der Waals surface area contributed by atoms with E-state index in [1.54, 1.807) is 36.4 Å². The van der Waals surface area contributed by atoms with Crippen LogP contribution in [0, 0.1) is 11.3 Å². The van der Waals surface area contributed by atoms with Crippen LogP contribution in [0.15, 0.2) is 53.5 Å². The summed E-state index contributed by atoms with van der Waals surface area (Å²) in [6.45, 7) is 11.3. The molecule has 3 aromatic rings. The molecule has 0 atom stereocenters. The van der Waals surface area contributed by atoms with E-state index in [0.717, 1.165) is 12.1 Å². The molecule has 0 aliphatic heterocycles. The summed E-state index contributed by atoms with van der Waals surface area (Å²) < 4.78 is 1.29. The average molecular weight is 551 g/mol. The van der Waals surface area contributed by atoms with Gasteiger partial charge in [-0.15, -0.1) is 0 Å². The van der Waals surface area contributed by atoms with E-state index >= 15 is 0 Å². The van der Waals surface area contributed by atoms with Crippen LogP contribution in [0.2, 0.25) is 0 Å². The van der Waals surface area contributed by atoms with Crippen LogP contribution in [-0.2, 0) is 17.9 Å². The van der Waals surface area contributed by atoms with Gasteiger partial charge in [-0.1, -0.05) is 52.0 Å². The van der Waals surface area contributed by atoms with Gasteiger partial charge in [0.1, 0.15) is 18.7 Å². The molecule has 1 aromatic heterocycles. The zero-order valence-electron chi connectivity index (χ0n) is 24.0. The van der Waals surface area contributed by atoms with Crippen molar-refractivity contribution in [3.05, 3.63) is 75.7 Å². The highest BCUT2D eigenvalue weighted by Gasteiger charge is 2.16. The Hall–Kier alpha value is -4.51. The number of nitrogens with zero attached hydrogens (tertiary/aromatic N) is 2. The van der Waals surface area contributed by atoms with E-state index in [2.05, 4.69) is 29.5 Å². The summed E-state index contributed by atoms with van der Waals surface area (Å²) in [5.74, 6) is 0.358. The number of benzene rings is 2. The normalized spacial score (nSPS) is 9.97. The van der Waals surface area contributed by atoms with Crippen LogP contribution < -0.4 is 33.4 Å². The minimum absolute atomic E-state index is 0.0362. The Kier molecular flexibility index (Phi) is 14.4. The smallest absolute Gasteiger partial charge is 0.294 e. The third-order valence-corrected chi connectivity index (χ3v) is 5.34. The van der Waals surface area contributed by atoms with E-state index in [1.807, 2.05) is 20.8 Å². The number of amides is 1. The molecule has 9 N–H and O–H groups in total. The number of hydrogen-bond donors (Lipinski definition) is 6. The molecule has 0 bridgehead atoms. The maximum absolute atomic E-state index is 13.0. The SMILES string of the molecule is CC.CC(C)CN.CCNc1ncc(-c2cc(N)cc(C=O)c2)n(CC(=O)NCc2ccc(C(=N)N)cc2)c1=O. The summed E-state index contributed by atoms with van der Waals surface area (Å²) in [4.78, 5) is 41.2. The molecule has 0 saturated carbocycles. The van der Waals surface area contributed by atoms with Crippen LogP contribution in [0.3, 0.4) is 0 Å². The van der Waals surface area contributed by atoms with Gasteiger partial charge in [0, 0.05) is 35.5 Å². The molecular weight excluding hydrogens is 508 g/mol. The Morgan fingerprint density at radius 2 is 1.77 bits per heavy atom. The first-order valence-corrected chi connectivity index (χ1v) is 13.2. The van der Waals surface area contributed by atoms with E-state index in [1.165, 1.54) is 16.8 Å². The van der Waals surface area contributed by atoms with Crippen LogP contribution in [0.1, 0.15) is 56.1 Å². The van der Waals surface area contributed by atoms with Crippen molar-refractivity contribution in [3.8, 4) is 11.3 Å². The highest BCUT2D eigenvalue weighted by Crippen LogP contribution is 2.22. The van der Waals surface area contributed by atoms with E-state index in [9.17, 15) is 14.4 Å². The van der Waals surface area contributed by atoms with Gasteiger partial charge < -0.3 is 27.8 Å². The highest BCUT2D eigenvalue weighted by atomic mass is 16.2. The molecule has 40 heavy (non-hydrogen) atoms. The van der Waals surface area contributed by atoms with Crippen LogP contribution >= 0.6 is 0 Å². The van der Waals surface area contributed by atoms with Gasteiger partial charge in [0.15, 0.2) is 5.82 Å². The third-order valence-electron chi connectivity index (χ3n) is 5.34. The number of amidine groups is 1. The zero-order valence-corrected chi connectivity index (χ0v) is 24.0. The molecule has 2 aromatic carbocycles. The molecule has 0 fully saturated rings. The molecule has 3 rings (SSSR count). The number of carbonyl (C=O) groups is 2. The van der Waals surface area contributed by atoms with Crippen molar-refractivity contribution in [1.82, 2.24) is 14.9 Å². The summed E-state index contributed by atoms with van der Waals surface area (Å²) in [5.41, 5.74) is 19.0. The van der Waals surface area contributed by atoms with Gasteiger partial charge in [-0.2, -0.15) is 0 Å². The number of nitrogen functional groups attached to an aromatic ring is 2. The van der Waals surface area contributed by atoms with Crippen molar-refractivity contribution >= 4 is 29.5 Å². The van der Waals surface area contributed by atoms with E-state index < -0.39 is 5.56 Å². The molecule has 11 heteroatoms. The fraction of sp³-hybridized carbons (Fsp3) is 0.345. The van der Waals surface area contributed by atoms with Crippen LogP contribution in [-0.4, -0.2) is 40.7 Å². The van der Waals surface area contributed by atoms with Crippen molar-refractivity contribution in [3.63, 3.8) is 0 Å². The lowest BCUT2D eigenvalue weighted by Crippen LogP contribution is -2.34. The number of anilines is 2. The van der Waals surface area contributed by atoms with Gasteiger partial charge >= 0.3 is 0 Å². The van der Waals surface area contributed by atoms with E-state index in [4.69, 9.17) is 22.6 Å². The first-order valence-electron chi connectivity index (χ1n) is 13.2. The molecule has 0 aliphatic carbocycles. The molecule has 1 amide bonds. The predicted octanol–water partition coefficient (Wildman–Crippen LogP) is 2.96. The van der Waals surface area contributed by atoms with Crippen molar-refractivity contribution in [2.45, 2.75) is 47.7 Å². The number of aromatic nitrogens is 2. The lowest BCUT2D eigenvalue weighted by atomic mass is 10.1. The average Bonchev–Trinajstić information content (AvgIpc) is 2.95. The molecule has 0 unspecified atom stereocenters. The lowest BCUT2D eigenvalue weighted by Gasteiger charge is -2.15. The highest BCUT2D eigenvalue weighted by molar-refractivity contribution is 5.94. The first-order chi connectivity index (χ1) is 19.1. The fourth-order valence-electron chi connectivity index (χ4n) is 3.26. The monoisotopic (exact) mass is 550 g/mol. The number of aldehydes is 1. The van der Waals surface area contributed by atoms with Gasteiger partial charge in [-0.25, -0.2) is 4.98 Å². The van der Waals surface area contributed by atoms with E-state index in [-0.39, 0.29) is 30.7 Å². The van der Waals surface area contributed by atoms with Crippen molar-refractivity contribution in [2.24, 2.45) is 17.4 Å². The Bertz CT molecular complexity index is 1320. The summed E-state index contributed by atoms with van der Waals surface area (Å²) in [5, 5.41) is 13.1. The van der Waals surface area contributed by atoms with Gasteiger partial charge in [0.25, 0.3) is 5.56 Å². The number of hydrogen-bond acceptors (Lipinski definition) is 8. The molecule has 1 heterocycles. The second-order valence-corrected chi connectivity index (χ2v) is 8.94. The molecule has 11 nitrogen and oxygen atoms in total. The maximum Gasteiger partial charge on any atom is 0.294 e. The predicted molar refractivity (Wildman–Crippen MR) is 162 cm³/mol. The first kappa shape index (κ1) is 33.5. The van der Waals surface area contributed by atoms with Gasteiger partial charge in [-0.3, -0.25) is 24.4 Å². The lowest BCUT2D eigenvalue weighted by molar-refractivity contribution is -0.121. The summed E-state index contributed by atoms with van der Waals surface area (Å²) in [7, 11) is 0. The Morgan fingerprint density at radius 3 is 2.30 bits per heavy atom. The molecule has 0 saturated heterocycles. The largest absolute Gasteiger partial charge is 0.399 e. The number of nitrogens with two attached hydrogens (primary N) is 3. The van der Waals surface area contributed by atoms with Gasteiger partial charge in [-0.05, 0) is 43.1 Å². The Labute approximate surface area is 235 Å². The minimum atomic E-state index is -0.467. The summed E-state index contributed by atoms with van der Waals surface area (Å²) in [6, 6.07) is 11.6. The molecule has 216 valence electrons. The van der Waals surface area contributed by atoms with Crippen molar-refractivity contribution < 1.29 is 9.59 Å². The molecule has 0 aliphatic rings. The maximum atomic E-state index is 13.0. The summed E-state index contributed by atoms with van der Waals surface area (Å²) >= 11 is 0. The second-order valence-electron chi connectivity index (χ2n) is 8.94. The van der Waals surface area contributed by atoms with E-state index in [0.29, 0.717) is 46.8 Å². The van der Waals surface area contributed by atoms with Crippen LogP contribution in [0.4, 0.5) is 11.5 Å². The minimum Gasteiger partial charge on any atom is -0.399 e. The topological polar surface area (TPSA) is 195 Å². The number of carbonyl (C=O) groups excluding carboxylic acids is 2. The van der Waals surface area contributed by atoms with Crippen LogP contribution in [0.5, 0.6) is 0 Å². The van der Waals surface area contributed by atoms with Crippen molar-refractivity contribution in [1.29, 1.82) is 5.41 Å². The number of nitrogens with one attached hydrogen (secondary N) is 3. The van der Waals surface area contributed by atoms with Gasteiger partial charge in [0.05, 0.1) is 11.9 Å². The molecule has 0 spiro atoms. The summed E-state index contributed by atoms with van der Waals surface area (Å²) in [6.07, 6.45) is 2.13. The van der Waals surface area contributed by atoms with Crippen molar-refractivity contribution in [2.75, 3.05) is 24.1 Å². The third kappa shape index (κ3) is 10.3. The number of rotatable bonds is 10. The molecule has 0 radical (unpaired) electrons. The second kappa shape index (κ2) is 17.2. The van der Waals surface area contributed by atoms with Crippen LogP contribution in [0.25, 0.3) is 11.3 Å². The standard InChI is InChI=1S/C23H25N7O3.C4H11N.C2H6/c1-2-27-22-23(33)30(19(11-29-22)17-7-15(13-31)8-18(24)9-17)12-20(32)28-10-14-3-5-16(6-4-14)21(25)26;1-4(2)3-5;1-2/h3-9,11,13H,2,10,12,24H2,1H3,(H3,25,26)(H,27,29)(H,28,32);4H,3,5H2,1-2H3;1-2H3. The fourth-order valence-corrected chi connectivity index (χ4v) is 3.26.